The zero-order valence-electron chi connectivity index (χ0n) is 7.56. The predicted molar refractivity (Wildman–Crippen MR) is 53.1 cm³/mol. The molecule has 0 spiro atoms. The van der Waals surface area contributed by atoms with Gasteiger partial charge < -0.3 is 16.6 Å². The number of carbonyl (C=O) groups is 1. The van der Waals surface area contributed by atoms with Crippen LogP contribution in [0.15, 0.2) is 5.10 Å². The minimum Gasteiger partial charge on any atom is -0.480 e. The van der Waals surface area contributed by atoms with Crippen LogP contribution >= 0.6 is 11.6 Å². The average molecular weight is 221 g/mol. The summed E-state index contributed by atoms with van der Waals surface area (Å²) in [4.78, 5) is 10.7. The first-order valence-corrected chi connectivity index (χ1v) is 4.62. The molecule has 0 amide bonds. The van der Waals surface area contributed by atoms with Crippen molar-refractivity contribution >= 4 is 22.7 Å². The van der Waals surface area contributed by atoms with Gasteiger partial charge in [-0.15, -0.1) is 0 Å². The van der Waals surface area contributed by atoms with Gasteiger partial charge in [-0.2, -0.15) is 5.10 Å². The van der Waals surface area contributed by atoms with Crippen LogP contribution in [0.25, 0.3) is 0 Å². The maximum atomic E-state index is 10.7. The second-order valence-corrected chi connectivity index (χ2v) is 3.50. The third-order valence-corrected chi connectivity index (χ3v) is 2.29. The van der Waals surface area contributed by atoms with E-state index in [9.17, 15) is 4.79 Å². The molecule has 0 aromatic carbocycles. The lowest BCUT2D eigenvalue weighted by molar-refractivity contribution is -0.140. The Bertz CT molecular complexity index is 258. The highest BCUT2D eigenvalue weighted by Crippen LogP contribution is 2.19. The van der Waals surface area contributed by atoms with Gasteiger partial charge in [-0.1, -0.05) is 11.6 Å². The number of aliphatic carboxylic acids is 1. The SMILES string of the molecule is NCCN1N=C(Cl)C[C@H]1[C@H](N)C(=O)O. The molecule has 7 heteroatoms. The smallest absolute Gasteiger partial charge is 0.322 e. The van der Waals surface area contributed by atoms with Gasteiger partial charge in [-0.25, -0.2) is 0 Å². The van der Waals surface area contributed by atoms with Gasteiger partial charge in [0.1, 0.15) is 11.2 Å². The Morgan fingerprint density at radius 2 is 2.50 bits per heavy atom. The van der Waals surface area contributed by atoms with Crippen molar-refractivity contribution in [1.82, 2.24) is 5.01 Å². The number of hydrogen-bond acceptors (Lipinski definition) is 5. The number of nitrogens with two attached hydrogens (primary N) is 2. The van der Waals surface area contributed by atoms with Crippen molar-refractivity contribution in [3.05, 3.63) is 0 Å². The molecule has 0 aliphatic carbocycles. The van der Waals surface area contributed by atoms with Crippen LogP contribution in [-0.2, 0) is 4.79 Å². The van der Waals surface area contributed by atoms with Gasteiger partial charge in [0.2, 0.25) is 0 Å². The number of carboxylic acids is 1. The third-order valence-electron chi connectivity index (χ3n) is 2.06. The molecule has 2 atom stereocenters. The Morgan fingerprint density at radius 1 is 1.86 bits per heavy atom. The maximum absolute atomic E-state index is 10.7. The molecule has 5 N–H and O–H groups in total. The van der Waals surface area contributed by atoms with Crippen molar-refractivity contribution in [3.63, 3.8) is 0 Å². The summed E-state index contributed by atoms with van der Waals surface area (Å²) >= 11 is 5.71. The Morgan fingerprint density at radius 3 is 3.00 bits per heavy atom. The summed E-state index contributed by atoms with van der Waals surface area (Å²) < 4.78 is 0. The minimum atomic E-state index is -1.06. The van der Waals surface area contributed by atoms with Crippen molar-refractivity contribution in [2.75, 3.05) is 13.1 Å². The summed E-state index contributed by atoms with van der Waals surface area (Å²) in [5.41, 5.74) is 10.8. The highest BCUT2D eigenvalue weighted by Gasteiger charge is 2.34. The van der Waals surface area contributed by atoms with E-state index < -0.39 is 12.0 Å². The lowest BCUT2D eigenvalue weighted by atomic mass is 10.1. The Labute approximate surface area is 86.5 Å². The molecule has 80 valence electrons. The van der Waals surface area contributed by atoms with E-state index in [1.807, 2.05) is 0 Å². The number of halogens is 1. The standard InChI is InChI=1S/C7H13ClN4O2/c8-5-3-4(6(10)7(13)14)12(11-5)2-1-9/h4,6H,1-3,9-10H2,(H,13,14)/t4-,6-/m0/s1. The van der Waals surface area contributed by atoms with Gasteiger partial charge in [-0.05, 0) is 0 Å². The van der Waals surface area contributed by atoms with E-state index >= 15 is 0 Å². The normalized spacial score (nSPS) is 23.5. The molecular weight excluding hydrogens is 208 g/mol. The summed E-state index contributed by atoms with van der Waals surface area (Å²) in [5, 5.41) is 14.6. The van der Waals surface area contributed by atoms with Crippen molar-refractivity contribution in [3.8, 4) is 0 Å². The molecular formula is C7H13ClN4O2. The largest absolute Gasteiger partial charge is 0.480 e. The van der Waals surface area contributed by atoms with Gasteiger partial charge >= 0.3 is 5.97 Å². The third kappa shape index (κ3) is 2.34. The number of carboxylic acid groups (broad SMARTS) is 1. The molecule has 0 saturated heterocycles. The fourth-order valence-electron chi connectivity index (χ4n) is 1.36. The zero-order valence-corrected chi connectivity index (χ0v) is 8.31. The van der Waals surface area contributed by atoms with E-state index in [2.05, 4.69) is 5.10 Å². The molecule has 1 rings (SSSR count). The summed E-state index contributed by atoms with van der Waals surface area (Å²) in [5.74, 6) is -1.06. The van der Waals surface area contributed by atoms with Crippen LogP contribution in [0.3, 0.4) is 0 Å². The van der Waals surface area contributed by atoms with E-state index in [0.717, 1.165) is 0 Å². The van der Waals surface area contributed by atoms with E-state index in [1.54, 1.807) is 5.01 Å². The molecule has 1 aliphatic heterocycles. The van der Waals surface area contributed by atoms with Crippen molar-refractivity contribution in [2.24, 2.45) is 16.6 Å². The van der Waals surface area contributed by atoms with Crippen LogP contribution in [0.1, 0.15) is 6.42 Å². The molecule has 14 heavy (non-hydrogen) atoms. The van der Waals surface area contributed by atoms with Gasteiger partial charge in [0.15, 0.2) is 0 Å². The molecule has 6 nitrogen and oxygen atoms in total. The molecule has 0 radical (unpaired) electrons. The minimum absolute atomic E-state index is 0.370. The fourth-order valence-corrected chi connectivity index (χ4v) is 1.61. The number of nitrogens with zero attached hydrogens (tertiary/aromatic N) is 2. The summed E-state index contributed by atoms with van der Waals surface area (Å²) in [6.45, 7) is 0.846. The second-order valence-electron chi connectivity index (χ2n) is 3.06. The molecule has 0 unspecified atom stereocenters. The number of hydrogen-bond donors (Lipinski definition) is 3. The highest BCUT2D eigenvalue weighted by atomic mass is 35.5. The van der Waals surface area contributed by atoms with Crippen molar-refractivity contribution < 1.29 is 9.90 Å². The lowest BCUT2D eigenvalue weighted by Gasteiger charge is -2.25. The lowest BCUT2D eigenvalue weighted by Crippen LogP contribution is -2.49. The predicted octanol–water partition coefficient (Wildman–Crippen LogP) is -1.02. The first kappa shape index (κ1) is 11.2. The van der Waals surface area contributed by atoms with E-state index in [0.29, 0.717) is 24.7 Å². The first-order chi connectivity index (χ1) is 6.56. The summed E-state index contributed by atoms with van der Waals surface area (Å²) in [6.07, 6.45) is 0.370. The molecule has 0 aromatic heterocycles. The summed E-state index contributed by atoms with van der Waals surface area (Å²) in [6, 6.07) is -1.37. The molecule has 1 heterocycles. The van der Waals surface area contributed by atoms with Gasteiger partial charge in [0, 0.05) is 19.5 Å². The van der Waals surface area contributed by atoms with Crippen LogP contribution in [0.5, 0.6) is 0 Å². The summed E-state index contributed by atoms with van der Waals surface area (Å²) in [7, 11) is 0. The molecule has 0 fully saturated rings. The highest BCUT2D eigenvalue weighted by molar-refractivity contribution is 6.65. The molecule has 1 aliphatic rings. The second kappa shape index (κ2) is 4.59. The van der Waals surface area contributed by atoms with E-state index in [-0.39, 0.29) is 6.04 Å². The molecule has 0 bridgehead atoms. The maximum Gasteiger partial charge on any atom is 0.322 e. The Balaban J connectivity index is 2.66. The van der Waals surface area contributed by atoms with Crippen LogP contribution in [-0.4, -0.2) is 46.4 Å². The fraction of sp³-hybridized carbons (Fsp3) is 0.714. The van der Waals surface area contributed by atoms with Crippen LogP contribution in [0.2, 0.25) is 0 Å². The number of rotatable bonds is 4. The van der Waals surface area contributed by atoms with E-state index in [4.69, 9.17) is 28.2 Å². The molecule has 0 aromatic rings. The van der Waals surface area contributed by atoms with Gasteiger partial charge in [-0.3, -0.25) is 9.80 Å². The van der Waals surface area contributed by atoms with Gasteiger partial charge in [0.05, 0.1) is 6.04 Å². The van der Waals surface area contributed by atoms with Crippen LogP contribution in [0, 0.1) is 0 Å². The first-order valence-electron chi connectivity index (χ1n) is 4.24. The van der Waals surface area contributed by atoms with Gasteiger partial charge in [0.25, 0.3) is 0 Å². The van der Waals surface area contributed by atoms with Crippen molar-refractivity contribution in [1.29, 1.82) is 0 Å². The van der Waals surface area contributed by atoms with Crippen LogP contribution < -0.4 is 11.5 Å². The Kier molecular flexibility index (Phi) is 3.68. The van der Waals surface area contributed by atoms with Crippen LogP contribution in [0.4, 0.5) is 0 Å². The molecule has 0 saturated carbocycles. The van der Waals surface area contributed by atoms with E-state index in [1.165, 1.54) is 0 Å². The number of hydrazone groups is 1. The monoisotopic (exact) mass is 220 g/mol. The Hall–Kier alpha value is -0.850. The topological polar surface area (TPSA) is 105 Å². The zero-order chi connectivity index (χ0) is 10.7. The van der Waals surface area contributed by atoms with Crippen molar-refractivity contribution in [2.45, 2.75) is 18.5 Å². The average Bonchev–Trinajstić information content (AvgIpc) is 2.46. The quantitative estimate of drug-likeness (QED) is 0.563.